The molecule has 2 rings (SSSR count). The Morgan fingerprint density at radius 1 is 1.04 bits per heavy atom. The summed E-state index contributed by atoms with van der Waals surface area (Å²) in [6.07, 6.45) is 0. The molecule has 0 aliphatic rings. The van der Waals surface area contributed by atoms with Crippen LogP contribution >= 0.6 is 23.2 Å². The number of halogens is 2. The minimum Gasteiger partial charge on any atom is -0.495 e. The number of carbonyl (C=O) groups excluding carboxylic acids is 1. The number of hydrogen-bond donors (Lipinski definition) is 2. The predicted octanol–water partition coefficient (Wildman–Crippen LogP) is 4.37. The Balaban J connectivity index is 2.08. The highest BCUT2D eigenvalue weighted by Crippen LogP contribution is 2.35. The van der Waals surface area contributed by atoms with E-state index >= 15 is 0 Å². The zero-order chi connectivity index (χ0) is 17.7. The molecule has 0 aliphatic carbocycles. The van der Waals surface area contributed by atoms with Crippen molar-refractivity contribution in [3.05, 3.63) is 45.9 Å². The molecule has 0 saturated heterocycles. The predicted molar refractivity (Wildman–Crippen MR) is 97.9 cm³/mol. The molecule has 2 aromatic rings. The molecular formula is C17H18Cl2N2O3. The molecule has 0 fully saturated rings. The molecule has 0 heterocycles. The Labute approximate surface area is 150 Å². The summed E-state index contributed by atoms with van der Waals surface area (Å²) >= 11 is 12.0. The second-order valence-corrected chi connectivity index (χ2v) is 5.89. The molecule has 2 N–H and O–H groups in total. The van der Waals surface area contributed by atoms with Gasteiger partial charge in [0, 0.05) is 22.8 Å². The van der Waals surface area contributed by atoms with E-state index in [2.05, 4.69) is 10.6 Å². The summed E-state index contributed by atoms with van der Waals surface area (Å²) in [5.74, 6) is 0.663. The van der Waals surface area contributed by atoms with Crippen LogP contribution in [0.3, 0.4) is 0 Å². The summed E-state index contributed by atoms with van der Waals surface area (Å²) < 4.78 is 10.4. The summed E-state index contributed by atoms with van der Waals surface area (Å²) in [6, 6.07) is 8.66. The van der Waals surface area contributed by atoms with Crippen molar-refractivity contribution in [1.82, 2.24) is 0 Å². The Morgan fingerprint density at radius 3 is 2.42 bits per heavy atom. The zero-order valence-electron chi connectivity index (χ0n) is 13.6. The van der Waals surface area contributed by atoms with E-state index in [0.717, 1.165) is 11.3 Å². The molecule has 0 spiro atoms. The minimum absolute atomic E-state index is 0.0786. The van der Waals surface area contributed by atoms with Crippen LogP contribution in [0.2, 0.25) is 10.0 Å². The number of rotatable bonds is 6. The maximum atomic E-state index is 12.2. The van der Waals surface area contributed by atoms with E-state index < -0.39 is 0 Å². The number of aryl methyl sites for hydroxylation is 1. The maximum Gasteiger partial charge on any atom is 0.243 e. The first kappa shape index (κ1) is 18.2. The number of anilines is 2. The van der Waals surface area contributed by atoms with Crippen molar-refractivity contribution >= 4 is 40.5 Å². The van der Waals surface area contributed by atoms with Crippen LogP contribution in [-0.2, 0) is 4.79 Å². The van der Waals surface area contributed by atoms with Crippen LogP contribution in [-0.4, -0.2) is 26.7 Å². The van der Waals surface area contributed by atoms with Crippen LogP contribution in [0.1, 0.15) is 5.56 Å². The van der Waals surface area contributed by atoms with Gasteiger partial charge in [-0.2, -0.15) is 0 Å². The minimum atomic E-state index is -0.239. The van der Waals surface area contributed by atoms with Crippen molar-refractivity contribution in [2.45, 2.75) is 6.92 Å². The molecule has 7 heteroatoms. The van der Waals surface area contributed by atoms with Crippen LogP contribution in [0.25, 0.3) is 0 Å². The van der Waals surface area contributed by atoms with Crippen molar-refractivity contribution in [2.24, 2.45) is 0 Å². The third-order valence-corrected chi connectivity index (χ3v) is 3.92. The third-order valence-electron chi connectivity index (χ3n) is 3.39. The van der Waals surface area contributed by atoms with Gasteiger partial charge in [0.05, 0.1) is 31.5 Å². The number of methoxy groups -OCH3 is 2. The average Bonchev–Trinajstić information content (AvgIpc) is 2.56. The molecule has 24 heavy (non-hydrogen) atoms. The lowest BCUT2D eigenvalue weighted by atomic mass is 10.2. The normalized spacial score (nSPS) is 10.2. The highest BCUT2D eigenvalue weighted by Gasteiger charge is 2.12. The van der Waals surface area contributed by atoms with Gasteiger partial charge in [0.25, 0.3) is 0 Å². The van der Waals surface area contributed by atoms with Gasteiger partial charge in [0.1, 0.15) is 11.5 Å². The second kappa shape index (κ2) is 8.13. The van der Waals surface area contributed by atoms with E-state index in [9.17, 15) is 4.79 Å². The fourth-order valence-corrected chi connectivity index (χ4v) is 2.52. The monoisotopic (exact) mass is 368 g/mol. The van der Waals surface area contributed by atoms with Gasteiger partial charge in [-0.15, -0.1) is 0 Å². The molecule has 128 valence electrons. The lowest BCUT2D eigenvalue weighted by molar-refractivity contribution is -0.114. The van der Waals surface area contributed by atoms with Crippen molar-refractivity contribution in [2.75, 3.05) is 31.4 Å². The number of hydrogen-bond acceptors (Lipinski definition) is 4. The number of carbonyl (C=O) groups is 1. The molecule has 0 atom stereocenters. The van der Waals surface area contributed by atoms with E-state index in [1.165, 1.54) is 14.2 Å². The molecule has 5 nitrogen and oxygen atoms in total. The number of nitrogens with one attached hydrogen (secondary N) is 2. The lowest BCUT2D eigenvalue weighted by Gasteiger charge is -2.14. The highest BCUT2D eigenvalue weighted by atomic mass is 35.5. The van der Waals surface area contributed by atoms with Gasteiger partial charge in [0.15, 0.2) is 0 Å². The molecule has 0 unspecified atom stereocenters. The Bertz CT molecular complexity index is 751. The Morgan fingerprint density at radius 2 is 1.75 bits per heavy atom. The molecule has 0 saturated carbocycles. The fraction of sp³-hybridized carbons (Fsp3) is 0.235. The summed E-state index contributed by atoms with van der Waals surface area (Å²) in [5.41, 5.74) is 2.28. The SMILES string of the molecule is COc1cc(NC(=O)CNc2cc(Cl)ccc2C)c(OC)cc1Cl. The first-order chi connectivity index (χ1) is 11.4. The first-order valence-electron chi connectivity index (χ1n) is 7.16. The van der Waals surface area contributed by atoms with Crippen molar-refractivity contribution in [3.8, 4) is 11.5 Å². The van der Waals surface area contributed by atoms with Crippen LogP contribution < -0.4 is 20.1 Å². The largest absolute Gasteiger partial charge is 0.495 e. The first-order valence-corrected chi connectivity index (χ1v) is 7.91. The van der Waals surface area contributed by atoms with Crippen LogP contribution in [0.4, 0.5) is 11.4 Å². The zero-order valence-corrected chi connectivity index (χ0v) is 15.1. The fourth-order valence-electron chi connectivity index (χ4n) is 2.11. The summed E-state index contributed by atoms with van der Waals surface area (Å²) in [7, 11) is 3.00. The van der Waals surface area contributed by atoms with E-state index in [1.807, 2.05) is 13.0 Å². The van der Waals surface area contributed by atoms with E-state index in [4.69, 9.17) is 32.7 Å². The number of benzene rings is 2. The van der Waals surface area contributed by atoms with Gasteiger partial charge >= 0.3 is 0 Å². The van der Waals surface area contributed by atoms with Crippen LogP contribution in [0, 0.1) is 6.92 Å². The van der Waals surface area contributed by atoms with Crippen LogP contribution in [0.15, 0.2) is 30.3 Å². The topological polar surface area (TPSA) is 59.6 Å². The number of ether oxygens (including phenoxy) is 2. The van der Waals surface area contributed by atoms with Crippen molar-refractivity contribution in [1.29, 1.82) is 0 Å². The highest BCUT2D eigenvalue weighted by molar-refractivity contribution is 6.32. The van der Waals surface area contributed by atoms with Gasteiger partial charge in [-0.1, -0.05) is 29.3 Å². The summed E-state index contributed by atoms with van der Waals surface area (Å²) in [4.78, 5) is 12.2. The van der Waals surface area contributed by atoms with Gasteiger partial charge < -0.3 is 20.1 Å². The molecule has 1 amide bonds. The lowest BCUT2D eigenvalue weighted by Crippen LogP contribution is -2.22. The van der Waals surface area contributed by atoms with Gasteiger partial charge in [-0.25, -0.2) is 0 Å². The molecule has 0 bridgehead atoms. The summed E-state index contributed by atoms with van der Waals surface area (Å²) in [6.45, 7) is 2.01. The van der Waals surface area contributed by atoms with Crippen LogP contribution in [0.5, 0.6) is 11.5 Å². The standard InChI is InChI=1S/C17H18Cl2N2O3/c1-10-4-5-11(18)6-13(10)20-9-17(22)21-14-8-15(23-2)12(19)7-16(14)24-3/h4-8,20H,9H2,1-3H3,(H,21,22). The smallest absolute Gasteiger partial charge is 0.243 e. The van der Waals surface area contributed by atoms with Crippen molar-refractivity contribution < 1.29 is 14.3 Å². The molecule has 0 aliphatic heterocycles. The number of amides is 1. The molecule has 0 radical (unpaired) electrons. The quantitative estimate of drug-likeness (QED) is 0.794. The second-order valence-electron chi connectivity index (χ2n) is 5.05. The van der Waals surface area contributed by atoms with Gasteiger partial charge in [-0.3, -0.25) is 4.79 Å². The molecule has 2 aromatic carbocycles. The van der Waals surface area contributed by atoms with Gasteiger partial charge in [-0.05, 0) is 24.6 Å². The average molecular weight is 369 g/mol. The summed E-state index contributed by atoms with van der Waals surface area (Å²) in [5, 5.41) is 6.83. The van der Waals surface area contributed by atoms with E-state index in [0.29, 0.717) is 27.2 Å². The van der Waals surface area contributed by atoms with E-state index in [-0.39, 0.29) is 12.5 Å². The van der Waals surface area contributed by atoms with E-state index in [1.54, 1.807) is 24.3 Å². The molecular weight excluding hydrogens is 351 g/mol. The maximum absolute atomic E-state index is 12.2. The van der Waals surface area contributed by atoms with Gasteiger partial charge in [0.2, 0.25) is 5.91 Å². The third kappa shape index (κ3) is 4.46. The Kier molecular flexibility index (Phi) is 6.17. The molecule has 0 aromatic heterocycles. The van der Waals surface area contributed by atoms with Crippen molar-refractivity contribution in [3.63, 3.8) is 0 Å². The Hall–Kier alpha value is -2.11.